The summed E-state index contributed by atoms with van der Waals surface area (Å²) in [4.78, 5) is 13.3. The molecule has 1 N–H and O–H groups in total. The molecule has 0 aliphatic carbocycles. The Morgan fingerprint density at radius 3 is 2.47 bits per heavy atom. The van der Waals surface area contributed by atoms with E-state index in [1.54, 1.807) is 0 Å². The maximum absolute atomic E-state index is 12.9. The minimum absolute atomic E-state index is 0.0322. The molecule has 1 amide bonds. The third-order valence-electron chi connectivity index (χ3n) is 2.88. The molecule has 0 aromatic heterocycles. The molecular weight excluding hydrogens is 327 g/mol. The van der Waals surface area contributed by atoms with E-state index in [9.17, 15) is 23.1 Å². The second-order valence-electron chi connectivity index (χ2n) is 4.82. The van der Waals surface area contributed by atoms with E-state index in [0.29, 0.717) is 0 Å². The van der Waals surface area contributed by atoms with Gasteiger partial charge in [0.15, 0.2) is 0 Å². The van der Waals surface area contributed by atoms with Gasteiger partial charge in [-0.1, -0.05) is 6.07 Å². The van der Waals surface area contributed by atoms with E-state index in [1.165, 1.54) is 24.0 Å². The van der Waals surface area contributed by atoms with Gasteiger partial charge < -0.3 is 10.0 Å². The molecule has 1 aliphatic heterocycles. The lowest BCUT2D eigenvalue weighted by Gasteiger charge is -2.44. The van der Waals surface area contributed by atoms with Crippen molar-refractivity contribution in [2.45, 2.75) is 18.7 Å². The molecule has 1 aromatic carbocycles. The fourth-order valence-electron chi connectivity index (χ4n) is 2.06. The topological polar surface area (TPSA) is 40.5 Å². The third-order valence-corrected chi connectivity index (χ3v) is 3.54. The van der Waals surface area contributed by atoms with Gasteiger partial charge in [-0.25, -0.2) is 0 Å². The van der Waals surface area contributed by atoms with Crippen LogP contribution in [-0.4, -0.2) is 34.6 Å². The van der Waals surface area contributed by atoms with Crippen molar-refractivity contribution in [1.82, 2.24) is 4.90 Å². The minimum atomic E-state index is -4.60. The molecule has 1 aromatic rings. The van der Waals surface area contributed by atoms with E-state index < -0.39 is 28.8 Å². The van der Waals surface area contributed by atoms with E-state index in [1.807, 2.05) is 0 Å². The van der Waals surface area contributed by atoms with Crippen LogP contribution in [0.4, 0.5) is 13.2 Å². The summed E-state index contributed by atoms with van der Waals surface area (Å²) in [7, 11) is 0. The average Bonchev–Trinajstić information content (AvgIpc) is 2.23. The van der Waals surface area contributed by atoms with E-state index in [4.69, 9.17) is 0 Å². The Hall–Kier alpha value is -1.08. The van der Waals surface area contributed by atoms with Crippen molar-refractivity contribution < 1.29 is 23.1 Å². The highest BCUT2D eigenvalue weighted by atomic mass is 79.9. The number of hydrogen-bond donors (Lipinski definition) is 1. The van der Waals surface area contributed by atoms with Crippen molar-refractivity contribution in [3.8, 4) is 0 Å². The van der Waals surface area contributed by atoms with Gasteiger partial charge in [0.1, 0.15) is 0 Å². The lowest BCUT2D eigenvalue weighted by atomic mass is 9.95. The first-order chi connectivity index (χ1) is 8.62. The quantitative estimate of drug-likeness (QED) is 0.855. The SMILES string of the molecule is CC1(O)CN(C(=O)c2c(Br)cccc2C(F)(F)F)C1. The number of carbonyl (C=O) groups excluding carboxylic acids is 1. The van der Waals surface area contributed by atoms with Crippen LogP contribution in [0.1, 0.15) is 22.8 Å². The van der Waals surface area contributed by atoms with Crippen molar-refractivity contribution in [3.05, 3.63) is 33.8 Å². The highest BCUT2D eigenvalue weighted by molar-refractivity contribution is 9.10. The van der Waals surface area contributed by atoms with Crippen LogP contribution in [0.25, 0.3) is 0 Å². The number of alkyl halides is 3. The second kappa shape index (κ2) is 4.49. The van der Waals surface area contributed by atoms with Gasteiger partial charge in [-0.2, -0.15) is 13.2 Å². The number of likely N-dealkylation sites (tertiary alicyclic amines) is 1. The van der Waals surface area contributed by atoms with Gasteiger partial charge in [-0.15, -0.1) is 0 Å². The molecule has 104 valence electrons. The van der Waals surface area contributed by atoms with Crippen molar-refractivity contribution in [2.75, 3.05) is 13.1 Å². The number of nitrogens with zero attached hydrogens (tertiary/aromatic N) is 1. The van der Waals surface area contributed by atoms with Gasteiger partial charge in [0.05, 0.1) is 29.8 Å². The Balaban J connectivity index is 2.37. The second-order valence-corrected chi connectivity index (χ2v) is 5.67. The molecule has 19 heavy (non-hydrogen) atoms. The van der Waals surface area contributed by atoms with Crippen LogP contribution in [0.3, 0.4) is 0 Å². The number of amides is 1. The zero-order valence-electron chi connectivity index (χ0n) is 9.96. The number of halogens is 4. The smallest absolute Gasteiger partial charge is 0.386 e. The molecule has 3 nitrogen and oxygen atoms in total. The highest BCUT2D eigenvalue weighted by Crippen LogP contribution is 2.36. The van der Waals surface area contributed by atoms with Gasteiger partial charge in [-0.05, 0) is 35.0 Å². The summed E-state index contributed by atoms with van der Waals surface area (Å²) in [5, 5.41) is 9.55. The van der Waals surface area contributed by atoms with Crippen LogP contribution < -0.4 is 0 Å². The monoisotopic (exact) mass is 337 g/mol. The fraction of sp³-hybridized carbons (Fsp3) is 0.417. The lowest BCUT2D eigenvalue weighted by molar-refractivity contribution is -0.138. The largest absolute Gasteiger partial charge is 0.417 e. The molecule has 7 heteroatoms. The summed E-state index contributed by atoms with van der Waals surface area (Å²) in [5.74, 6) is -0.730. The predicted molar refractivity (Wildman–Crippen MR) is 65.7 cm³/mol. The Kier molecular flexibility index (Phi) is 3.38. The molecule has 0 bridgehead atoms. The average molecular weight is 338 g/mol. The van der Waals surface area contributed by atoms with Gasteiger partial charge in [-0.3, -0.25) is 4.79 Å². The van der Waals surface area contributed by atoms with Crippen LogP contribution in [-0.2, 0) is 6.18 Å². The van der Waals surface area contributed by atoms with E-state index in [2.05, 4.69) is 15.9 Å². The Morgan fingerprint density at radius 2 is 2.00 bits per heavy atom. The summed E-state index contributed by atoms with van der Waals surface area (Å²) in [6.45, 7) is 1.59. The minimum Gasteiger partial charge on any atom is -0.386 e. The van der Waals surface area contributed by atoms with Gasteiger partial charge in [0, 0.05) is 4.47 Å². The third kappa shape index (κ3) is 2.76. The molecule has 2 rings (SSSR count). The van der Waals surface area contributed by atoms with Crippen molar-refractivity contribution in [2.24, 2.45) is 0 Å². The van der Waals surface area contributed by atoms with Crippen LogP contribution in [0.5, 0.6) is 0 Å². The zero-order valence-corrected chi connectivity index (χ0v) is 11.5. The van der Waals surface area contributed by atoms with Crippen LogP contribution in [0.15, 0.2) is 22.7 Å². The molecular formula is C12H11BrF3NO2. The normalized spacial score (nSPS) is 18.1. The summed E-state index contributed by atoms with van der Waals surface area (Å²) in [6, 6.07) is 3.49. The Labute approximate surface area is 116 Å². The van der Waals surface area contributed by atoms with Gasteiger partial charge in [0.25, 0.3) is 5.91 Å². The molecule has 1 fully saturated rings. The van der Waals surface area contributed by atoms with E-state index in [0.717, 1.165) is 6.07 Å². The number of rotatable bonds is 1. The predicted octanol–water partition coefficient (Wildman–Crippen LogP) is 2.67. The molecule has 0 atom stereocenters. The number of hydrogen-bond acceptors (Lipinski definition) is 2. The summed E-state index contributed by atoms with van der Waals surface area (Å²) >= 11 is 2.98. The zero-order chi connectivity index (χ0) is 14.4. The Bertz CT molecular complexity index is 520. The molecule has 0 radical (unpaired) electrons. The highest BCUT2D eigenvalue weighted by Gasteiger charge is 2.43. The summed E-state index contributed by atoms with van der Waals surface area (Å²) < 4.78 is 38.8. The van der Waals surface area contributed by atoms with Crippen molar-refractivity contribution >= 4 is 21.8 Å². The number of aliphatic hydroxyl groups is 1. The van der Waals surface area contributed by atoms with E-state index in [-0.39, 0.29) is 17.6 Å². The summed E-state index contributed by atoms with van der Waals surface area (Å²) in [5.41, 5.74) is -2.40. The first-order valence-corrected chi connectivity index (χ1v) is 6.28. The lowest BCUT2D eigenvalue weighted by Crippen LogP contribution is -2.61. The first kappa shape index (κ1) is 14.3. The van der Waals surface area contributed by atoms with E-state index >= 15 is 0 Å². The van der Waals surface area contributed by atoms with Crippen LogP contribution in [0, 0.1) is 0 Å². The number of β-amino-alcohol motifs (C(OH)–C–C–N with tert-alkyl or cyclic N) is 1. The Morgan fingerprint density at radius 1 is 1.42 bits per heavy atom. The molecule has 0 spiro atoms. The maximum Gasteiger partial charge on any atom is 0.417 e. The molecule has 1 aliphatic rings. The molecule has 0 saturated carbocycles. The maximum atomic E-state index is 12.9. The molecule has 1 saturated heterocycles. The number of benzene rings is 1. The van der Waals surface area contributed by atoms with Crippen molar-refractivity contribution in [1.29, 1.82) is 0 Å². The van der Waals surface area contributed by atoms with Gasteiger partial charge >= 0.3 is 6.18 Å². The van der Waals surface area contributed by atoms with Crippen molar-refractivity contribution in [3.63, 3.8) is 0 Å². The fourth-order valence-corrected chi connectivity index (χ4v) is 2.59. The first-order valence-electron chi connectivity index (χ1n) is 5.49. The van der Waals surface area contributed by atoms with Crippen LogP contribution in [0.2, 0.25) is 0 Å². The van der Waals surface area contributed by atoms with Gasteiger partial charge in [0.2, 0.25) is 0 Å². The number of carbonyl (C=O) groups is 1. The molecule has 0 unspecified atom stereocenters. The van der Waals surface area contributed by atoms with Crippen LogP contribution >= 0.6 is 15.9 Å². The summed E-state index contributed by atoms with van der Waals surface area (Å²) in [6.07, 6.45) is -4.60. The standard InChI is InChI=1S/C12H11BrF3NO2/c1-11(19)5-17(6-11)10(18)9-7(12(14,15)16)3-2-4-8(9)13/h2-4,19H,5-6H2,1H3. The molecule has 1 heterocycles.